The molecule has 1 saturated heterocycles. The van der Waals surface area contributed by atoms with Crippen molar-refractivity contribution in [3.8, 4) is 0 Å². The first kappa shape index (κ1) is 18.2. The highest BCUT2D eigenvalue weighted by atomic mass is 16.6. The number of aromatic nitrogens is 2. The topological polar surface area (TPSA) is 84.6 Å². The molecule has 3 rings (SSSR count). The molecule has 140 valence electrons. The van der Waals surface area contributed by atoms with Crippen LogP contribution in [0.15, 0.2) is 24.3 Å². The number of benzene rings is 1. The third kappa shape index (κ3) is 4.15. The molecule has 0 radical (unpaired) electrons. The van der Waals surface area contributed by atoms with Crippen LogP contribution in [0, 0.1) is 5.92 Å². The van der Waals surface area contributed by atoms with E-state index >= 15 is 0 Å². The molecule has 7 nitrogen and oxygen atoms in total. The van der Waals surface area contributed by atoms with Crippen molar-refractivity contribution in [2.24, 2.45) is 5.92 Å². The van der Waals surface area contributed by atoms with Crippen LogP contribution in [0.3, 0.4) is 0 Å². The lowest BCUT2D eigenvalue weighted by Gasteiger charge is -2.25. The molecule has 1 atom stereocenters. The Hall–Kier alpha value is -2.57. The van der Waals surface area contributed by atoms with Gasteiger partial charge in [-0.15, -0.1) is 0 Å². The van der Waals surface area contributed by atoms with Gasteiger partial charge in [0.05, 0.1) is 11.0 Å². The third-order valence-electron chi connectivity index (χ3n) is 4.41. The Bertz CT molecular complexity index is 802. The lowest BCUT2D eigenvalue weighted by atomic mass is 10.1. The van der Waals surface area contributed by atoms with Crippen molar-refractivity contribution in [1.29, 1.82) is 0 Å². The number of hydrogen-bond donors (Lipinski definition) is 1. The van der Waals surface area contributed by atoms with Gasteiger partial charge in [0.15, 0.2) is 11.6 Å². The number of carbonyl (C=O) groups is 1. The van der Waals surface area contributed by atoms with E-state index in [1.165, 1.54) is 0 Å². The summed E-state index contributed by atoms with van der Waals surface area (Å²) in [4.78, 5) is 25.1. The van der Waals surface area contributed by atoms with Crippen molar-refractivity contribution in [2.45, 2.75) is 32.8 Å². The van der Waals surface area contributed by atoms with Gasteiger partial charge in [-0.05, 0) is 45.2 Å². The molecule has 1 aromatic carbocycles. The van der Waals surface area contributed by atoms with Gasteiger partial charge in [0, 0.05) is 26.7 Å². The molecule has 0 bridgehead atoms. The molecule has 1 aliphatic rings. The van der Waals surface area contributed by atoms with Gasteiger partial charge in [-0.2, -0.15) is 0 Å². The van der Waals surface area contributed by atoms with Gasteiger partial charge in [0.25, 0.3) is 0 Å². The predicted octanol–water partition coefficient (Wildman–Crippen LogP) is 2.91. The van der Waals surface area contributed by atoms with E-state index in [4.69, 9.17) is 10.5 Å². The van der Waals surface area contributed by atoms with Crippen LogP contribution in [-0.4, -0.2) is 53.2 Å². The Morgan fingerprint density at radius 3 is 2.62 bits per heavy atom. The predicted molar refractivity (Wildman–Crippen MR) is 103 cm³/mol. The first-order valence-electron chi connectivity index (χ1n) is 8.94. The van der Waals surface area contributed by atoms with Crippen LogP contribution in [-0.2, 0) is 4.74 Å². The van der Waals surface area contributed by atoms with Crippen LogP contribution in [0.5, 0.6) is 0 Å². The van der Waals surface area contributed by atoms with Crippen molar-refractivity contribution in [3.63, 3.8) is 0 Å². The monoisotopic (exact) mass is 357 g/mol. The number of amides is 1. The van der Waals surface area contributed by atoms with E-state index in [2.05, 4.69) is 9.97 Å². The SMILES string of the molecule is CN(C[C@H]1CCN(C(=O)OC(C)(C)C)C1)c1nc2ccccc2nc1N. The van der Waals surface area contributed by atoms with Crippen molar-refractivity contribution in [3.05, 3.63) is 24.3 Å². The molecule has 2 heterocycles. The molecule has 1 aliphatic heterocycles. The maximum atomic E-state index is 12.2. The molecule has 1 fully saturated rings. The van der Waals surface area contributed by atoms with E-state index in [9.17, 15) is 4.79 Å². The number of hydrogen-bond acceptors (Lipinski definition) is 6. The molecule has 0 aliphatic carbocycles. The minimum atomic E-state index is -0.471. The fourth-order valence-corrected chi connectivity index (χ4v) is 3.23. The highest BCUT2D eigenvalue weighted by Gasteiger charge is 2.30. The standard InChI is InChI=1S/C19H27N5O2/c1-19(2,3)26-18(25)24-10-9-13(12-24)11-23(4)17-16(20)21-14-7-5-6-8-15(14)22-17/h5-8,13H,9-12H2,1-4H3,(H2,20,21)/t13-/m1/s1. The van der Waals surface area contributed by atoms with Gasteiger partial charge in [-0.3, -0.25) is 0 Å². The number of carbonyl (C=O) groups excluding carboxylic acids is 1. The van der Waals surface area contributed by atoms with Crippen molar-refractivity contribution in [1.82, 2.24) is 14.9 Å². The number of para-hydroxylation sites is 2. The minimum absolute atomic E-state index is 0.243. The van der Waals surface area contributed by atoms with E-state index in [1.807, 2.05) is 57.0 Å². The summed E-state index contributed by atoms with van der Waals surface area (Å²) in [5.74, 6) is 1.45. The lowest BCUT2D eigenvalue weighted by molar-refractivity contribution is 0.0288. The molecule has 1 amide bonds. The van der Waals surface area contributed by atoms with Crippen LogP contribution in [0.4, 0.5) is 16.4 Å². The van der Waals surface area contributed by atoms with Crippen LogP contribution in [0.1, 0.15) is 27.2 Å². The number of fused-ring (bicyclic) bond motifs is 1. The van der Waals surface area contributed by atoms with Crippen molar-refractivity contribution < 1.29 is 9.53 Å². The Balaban J connectivity index is 1.65. The van der Waals surface area contributed by atoms with E-state index in [0.29, 0.717) is 30.6 Å². The van der Waals surface area contributed by atoms with Crippen molar-refractivity contribution >= 4 is 28.8 Å². The summed E-state index contributed by atoms with van der Waals surface area (Å²) in [7, 11) is 1.96. The fraction of sp³-hybridized carbons (Fsp3) is 0.526. The minimum Gasteiger partial charge on any atom is -0.444 e. The number of ether oxygens (including phenoxy) is 1. The smallest absolute Gasteiger partial charge is 0.410 e. The molecule has 26 heavy (non-hydrogen) atoms. The summed E-state index contributed by atoms with van der Waals surface area (Å²) in [5.41, 5.74) is 7.25. The lowest BCUT2D eigenvalue weighted by Crippen LogP contribution is -2.36. The molecule has 0 unspecified atom stereocenters. The first-order chi connectivity index (χ1) is 12.2. The second-order valence-corrected chi connectivity index (χ2v) is 7.88. The molecule has 2 aromatic rings. The van der Waals surface area contributed by atoms with Crippen LogP contribution in [0.25, 0.3) is 11.0 Å². The normalized spacial score (nSPS) is 17.5. The maximum Gasteiger partial charge on any atom is 0.410 e. The summed E-state index contributed by atoms with van der Waals surface area (Å²) in [6.07, 6.45) is 0.692. The Morgan fingerprint density at radius 2 is 1.96 bits per heavy atom. The zero-order valence-corrected chi connectivity index (χ0v) is 15.9. The molecule has 0 spiro atoms. The van der Waals surface area contributed by atoms with Gasteiger partial charge < -0.3 is 20.3 Å². The number of nitrogens with zero attached hydrogens (tertiary/aromatic N) is 4. The molecule has 1 aromatic heterocycles. The van der Waals surface area contributed by atoms with Crippen LogP contribution in [0.2, 0.25) is 0 Å². The van der Waals surface area contributed by atoms with E-state index in [1.54, 1.807) is 4.90 Å². The van der Waals surface area contributed by atoms with E-state index in [0.717, 1.165) is 24.0 Å². The van der Waals surface area contributed by atoms with Gasteiger partial charge >= 0.3 is 6.09 Å². The van der Waals surface area contributed by atoms with Crippen LogP contribution >= 0.6 is 0 Å². The highest BCUT2D eigenvalue weighted by molar-refractivity contribution is 5.79. The Morgan fingerprint density at radius 1 is 1.31 bits per heavy atom. The van der Waals surface area contributed by atoms with Gasteiger partial charge in [-0.1, -0.05) is 12.1 Å². The van der Waals surface area contributed by atoms with E-state index in [-0.39, 0.29) is 6.09 Å². The quantitative estimate of drug-likeness (QED) is 0.909. The maximum absolute atomic E-state index is 12.2. The van der Waals surface area contributed by atoms with Crippen LogP contribution < -0.4 is 10.6 Å². The average Bonchev–Trinajstić information content (AvgIpc) is 3.01. The molecule has 2 N–H and O–H groups in total. The van der Waals surface area contributed by atoms with Gasteiger partial charge in [0.2, 0.25) is 0 Å². The first-order valence-corrected chi connectivity index (χ1v) is 8.94. The number of likely N-dealkylation sites (tertiary alicyclic amines) is 1. The molecule has 7 heteroatoms. The van der Waals surface area contributed by atoms with E-state index < -0.39 is 5.60 Å². The third-order valence-corrected chi connectivity index (χ3v) is 4.41. The molecular weight excluding hydrogens is 330 g/mol. The second kappa shape index (κ2) is 6.97. The summed E-state index contributed by atoms with van der Waals surface area (Å²) in [6, 6.07) is 7.69. The van der Waals surface area contributed by atoms with Gasteiger partial charge in [-0.25, -0.2) is 14.8 Å². The largest absolute Gasteiger partial charge is 0.444 e. The average molecular weight is 357 g/mol. The summed E-state index contributed by atoms with van der Waals surface area (Å²) >= 11 is 0. The zero-order chi connectivity index (χ0) is 18.9. The number of nitrogen functional groups attached to an aromatic ring is 1. The number of anilines is 2. The number of rotatable bonds is 3. The highest BCUT2D eigenvalue weighted by Crippen LogP contribution is 2.25. The molecule has 0 saturated carbocycles. The Labute approximate surface area is 154 Å². The molecular formula is C19H27N5O2. The summed E-state index contributed by atoms with van der Waals surface area (Å²) in [5, 5.41) is 0. The number of nitrogens with two attached hydrogens (primary N) is 1. The zero-order valence-electron chi connectivity index (χ0n) is 15.9. The fourth-order valence-electron chi connectivity index (χ4n) is 3.23. The van der Waals surface area contributed by atoms with Gasteiger partial charge in [0.1, 0.15) is 5.60 Å². The van der Waals surface area contributed by atoms with Crippen molar-refractivity contribution in [2.75, 3.05) is 37.3 Å². The Kier molecular flexibility index (Phi) is 4.89. The summed E-state index contributed by atoms with van der Waals surface area (Å²) < 4.78 is 5.46. The summed E-state index contributed by atoms with van der Waals surface area (Å²) in [6.45, 7) is 7.80. The second-order valence-electron chi connectivity index (χ2n) is 7.88.